The van der Waals surface area contributed by atoms with Crippen LogP contribution >= 0.6 is 45.5 Å². The molecule has 0 aromatic carbocycles. The predicted molar refractivity (Wildman–Crippen MR) is 88.1 cm³/mol. The number of aromatic nitrogens is 2. The second-order valence-corrected chi connectivity index (χ2v) is 7.34. The number of nitrogens with zero attached hydrogens (tertiary/aromatic N) is 2. The summed E-state index contributed by atoms with van der Waals surface area (Å²) in [5.41, 5.74) is 1.17. The van der Waals surface area contributed by atoms with E-state index in [4.69, 9.17) is 16.6 Å². The molecule has 0 spiro atoms. The molecule has 2 nitrogen and oxygen atoms in total. The minimum atomic E-state index is 0.578. The topological polar surface area (TPSA) is 25.8 Å². The van der Waals surface area contributed by atoms with E-state index in [1.807, 2.05) is 0 Å². The van der Waals surface area contributed by atoms with Crippen molar-refractivity contribution in [1.82, 2.24) is 9.97 Å². The van der Waals surface area contributed by atoms with Crippen molar-refractivity contribution in [1.29, 1.82) is 0 Å². The lowest BCUT2D eigenvalue weighted by atomic mass is 10.0. The summed E-state index contributed by atoms with van der Waals surface area (Å²) in [5.74, 6) is 1.43. The van der Waals surface area contributed by atoms with Crippen molar-refractivity contribution in [2.45, 2.75) is 38.0 Å². The van der Waals surface area contributed by atoms with Crippen LogP contribution in [-0.4, -0.2) is 9.97 Å². The third-order valence-electron chi connectivity index (χ3n) is 3.54. The fourth-order valence-corrected chi connectivity index (χ4v) is 4.18. The van der Waals surface area contributed by atoms with Gasteiger partial charge in [0.2, 0.25) is 0 Å². The van der Waals surface area contributed by atoms with E-state index in [0.29, 0.717) is 11.1 Å². The Labute approximate surface area is 135 Å². The number of hydrogen-bond donors (Lipinski definition) is 0. The van der Waals surface area contributed by atoms with Gasteiger partial charge in [-0.15, -0.1) is 11.3 Å². The molecule has 0 radical (unpaired) electrons. The maximum absolute atomic E-state index is 6.28. The van der Waals surface area contributed by atoms with Gasteiger partial charge in [-0.3, -0.25) is 0 Å². The largest absolute Gasteiger partial charge is 0.236 e. The molecule has 2 heterocycles. The molecule has 1 saturated carbocycles. The Hall–Kier alpha value is -0.200. The molecule has 0 saturated heterocycles. The number of rotatable bonds is 3. The summed E-state index contributed by atoms with van der Waals surface area (Å²) in [5, 5.41) is 2.70. The van der Waals surface area contributed by atoms with Crippen molar-refractivity contribution in [2.24, 2.45) is 0 Å². The van der Waals surface area contributed by atoms with Crippen LogP contribution in [0.3, 0.4) is 0 Å². The molecule has 0 aliphatic heterocycles. The highest BCUT2D eigenvalue weighted by Crippen LogP contribution is 2.36. The quantitative estimate of drug-likeness (QED) is 0.529. The Morgan fingerprint density at radius 1 is 1.32 bits per heavy atom. The Balaban J connectivity index is 1.92. The molecule has 19 heavy (non-hydrogen) atoms. The van der Waals surface area contributed by atoms with Gasteiger partial charge in [-0.2, -0.15) is 0 Å². The number of hydrogen-bond acceptors (Lipinski definition) is 3. The lowest BCUT2D eigenvalue weighted by Crippen LogP contribution is -2.07. The van der Waals surface area contributed by atoms with Gasteiger partial charge in [0.05, 0.1) is 9.26 Å². The van der Waals surface area contributed by atoms with Crippen LogP contribution in [0.15, 0.2) is 17.5 Å². The van der Waals surface area contributed by atoms with E-state index in [0.717, 1.165) is 15.8 Å². The van der Waals surface area contributed by atoms with E-state index in [-0.39, 0.29) is 0 Å². The summed E-state index contributed by atoms with van der Waals surface area (Å²) >= 11 is 10.3. The third-order valence-corrected chi connectivity index (χ3v) is 6.07. The van der Waals surface area contributed by atoms with E-state index in [1.165, 1.54) is 36.3 Å². The predicted octanol–water partition coefficient (Wildman–Crippen LogP) is 5.04. The molecule has 2 aromatic rings. The zero-order chi connectivity index (χ0) is 13.2. The van der Waals surface area contributed by atoms with Crippen molar-refractivity contribution in [3.8, 4) is 0 Å². The highest BCUT2D eigenvalue weighted by molar-refractivity contribution is 14.1. The molecule has 0 atom stereocenters. The number of halogens is 2. The van der Waals surface area contributed by atoms with Crippen molar-refractivity contribution in [2.75, 3.05) is 0 Å². The van der Waals surface area contributed by atoms with Crippen molar-refractivity contribution in [3.63, 3.8) is 0 Å². The zero-order valence-electron chi connectivity index (χ0n) is 10.4. The fourth-order valence-electron chi connectivity index (χ4n) is 2.60. The summed E-state index contributed by atoms with van der Waals surface area (Å²) in [4.78, 5) is 10.5. The smallest absolute Gasteiger partial charge is 0.146 e. The minimum Gasteiger partial charge on any atom is -0.236 e. The van der Waals surface area contributed by atoms with Crippen LogP contribution in [0, 0.1) is 3.57 Å². The third kappa shape index (κ3) is 3.11. The maximum Gasteiger partial charge on any atom is 0.146 e. The molecule has 0 amide bonds. The molecule has 0 unspecified atom stereocenters. The standard InChI is InChI=1S/C14H14ClIN2S/c15-14-12(16)13(9-4-1-2-5-9)17-11(18-14)8-10-6-3-7-19-10/h3,6-7,9H,1-2,4-5,8H2. The van der Waals surface area contributed by atoms with Gasteiger partial charge in [0, 0.05) is 17.2 Å². The van der Waals surface area contributed by atoms with Crippen LogP contribution < -0.4 is 0 Å². The summed E-state index contributed by atoms with van der Waals surface area (Å²) in [7, 11) is 0. The Morgan fingerprint density at radius 2 is 2.11 bits per heavy atom. The Morgan fingerprint density at radius 3 is 2.79 bits per heavy atom. The summed E-state index contributed by atoms with van der Waals surface area (Å²) in [6.45, 7) is 0. The second-order valence-electron chi connectivity index (χ2n) is 4.87. The average molecular weight is 405 g/mol. The maximum atomic E-state index is 6.28. The van der Waals surface area contributed by atoms with Gasteiger partial charge < -0.3 is 0 Å². The van der Waals surface area contributed by atoms with E-state index >= 15 is 0 Å². The summed E-state index contributed by atoms with van der Waals surface area (Å²) in [6.07, 6.45) is 5.88. The summed E-state index contributed by atoms with van der Waals surface area (Å²) in [6, 6.07) is 4.18. The molecule has 100 valence electrons. The average Bonchev–Trinajstić information content (AvgIpc) is 3.06. The van der Waals surface area contributed by atoms with Gasteiger partial charge in [-0.25, -0.2) is 9.97 Å². The molecule has 0 N–H and O–H groups in total. The Kier molecular flexibility index (Phi) is 4.39. The van der Waals surface area contributed by atoms with E-state index in [1.54, 1.807) is 11.3 Å². The number of thiophene rings is 1. The van der Waals surface area contributed by atoms with Crippen LogP contribution in [0.5, 0.6) is 0 Å². The normalized spacial score (nSPS) is 16.1. The lowest BCUT2D eigenvalue weighted by molar-refractivity contribution is 0.681. The molecule has 2 aromatic heterocycles. The zero-order valence-corrected chi connectivity index (χ0v) is 14.1. The SMILES string of the molecule is Clc1nc(Cc2cccs2)nc(C2CCCC2)c1I. The first-order chi connectivity index (χ1) is 9.24. The van der Waals surface area contributed by atoms with Gasteiger partial charge in [-0.05, 0) is 46.9 Å². The van der Waals surface area contributed by atoms with E-state index in [2.05, 4.69) is 45.1 Å². The molecule has 3 rings (SSSR count). The lowest BCUT2D eigenvalue weighted by Gasteiger charge is -2.13. The van der Waals surface area contributed by atoms with Crippen LogP contribution in [-0.2, 0) is 6.42 Å². The van der Waals surface area contributed by atoms with Gasteiger partial charge in [0.25, 0.3) is 0 Å². The van der Waals surface area contributed by atoms with Crippen LogP contribution in [0.4, 0.5) is 0 Å². The second kappa shape index (κ2) is 6.06. The molecular formula is C14H14ClIN2S. The summed E-state index contributed by atoms with van der Waals surface area (Å²) < 4.78 is 1.04. The first-order valence-corrected chi connectivity index (χ1v) is 8.82. The van der Waals surface area contributed by atoms with Gasteiger partial charge in [0.1, 0.15) is 11.0 Å². The van der Waals surface area contributed by atoms with Gasteiger partial charge >= 0.3 is 0 Å². The van der Waals surface area contributed by atoms with Gasteiger partial charge in [-0.1, -0.05) is 30.5 Å². The molecule has 5 heteroatoms. The minimum absolute atomic E-state index is 0.578. The van der Waals surface area contributed by atoms with E-state index in [9.17, 15) is 0 Å². The van der Waals surface area contributed by atoms with Crippen molar-refractivity contribution >= 4 is 45.5 Å². The van der Waals surface area contributed by atoms with Crippen LogP contribution in [0.25, 0.3) is 0 Å². The van der Waals surface area contributed by atoms with Crippen LogP contribution in [0.1, 0.15) is 48.0 Å². The fraction of sp³-hybridized carbons (Fsp3) is 0.429. The highest BCUT2D eigenvalue weighted by Gasteiger charge is 2.23. The van der Waals surface area contributed by atoms with Crippen LogP contribution in [0.2, 0.25) is 5.15 Å². The molecule has 0 bridgehead atoms. The first kappa shape index (κ1) is 13.8. The molecule has 1 aliphatic rings. The first-order valence-electron chi connectivity index (χ1n) is 6.48. The van der Waals surface area contributed by atoms with Crippen molar-refractivity contribution in [3.05, 3.63) is 42.6 Å². The van der Waals surface area contributed by atoms with E-state index < -0.39 is 0 Å². The molecule has 1 fully saturated rings. The molecule has 1 aliphatic carbocycles. The monoisotopic (exact) mass is 404 g/mol. The molecular weight excluding hydrogens is 391 g/mol. The highest BCUT2D eigenvalue weighted by atomic mass is 127. The van der Waals surface area contributed by atoms with Crippen molar-refractivity contribution < 1.29 is 0 Å². The Bertz CT molecular complexity index is 565. The van der Waals surface area contributed by atoms with Gasteiger partial charge in [0.15, 0.2) is 0 Å².